The third-order valence-corrected chi connectivity index (χ3v) is 10.8. The minimum atomic E-state index is -0.348. The van der Waals surface area contributed by atoms with Gasteiger partial charge < -0.3 is 19.5 Å². The first-order valence-corrected chi connectivity index (χ1v) is 17.8. The van der Waals surface area contributed by atoms with E-state index in [0.29, 0.717) is 56.4 Å². The van der Waals surface area contributed by atoms with Crippen LogP contribution in [0.5, 0.6) is 5.75 Å². The first kappa shape index (κ1) is 34.0. The number of hydrogen-bond donors (Lipinski definition) is 1. The zero-order valence-corrected chi connectivity index (χ0v) is 28.9. The van der Waals surface area contributed by atoms with Gasteiger partial charge in [-0.1, -0.05) is 12.1 Å². The Balaban J connectivity index is 1.15. The number of amides is 2. The van der Waals surface area contributed by atoms with Gasteiger partial charge in [0, 0.05) is 43.0 Å². The topological polar surface area (TPSA) is 110 Å². The van der Waals surface area contributed by atoms with Crippen LogP contribution in [0.3, 0.4) is 0 Å². The van der Waals surface area contributed by atoms with Crippen molar-refractivity contribution in [1.82, 2.24) is 19.7 Å². The van der Waals surface area contributed by atoms with E-state index in [2.05, 4.69) is 44.1 Å². The molecule has 2 saturated carbocycles. The van der Waals surface area contributed by atoms with E-state index < -0.39 is 0 Å². The molecule has 3 aliphatic rings. The summed E-state index contributed by atoms with van der Waals surface area (Å²) in [5.74, 6) is 2.46. The number of ether oxygens (including phenoxy) is 2. The number of likely N-dealkylation sites (tertiary alicyclic amines) is 1. The molecular formula is C38H51N5O5. The van der Waals surface area contributed by atoms with Gasteiger partial charge in [0.15, 0.2) is 0 Å². The summed E-state index contributed by atoms with van der Waals surface area (Å²) in [5, 5.41) is 14.0. The normalized spacial score (nSPS) is 24.2. The fraction of sp³-hybridized carbons (Fsp3) is 0.579. The molecule has 1 saturated heterocycles. The first-order valence-electron chi connectivity index (χ1n) is 17.8. The Morgan fingerprint density at radius 3 is 2.40 bits per heavy atom. The molecule has 1 unspecified atom stereocenters. The third kappa shape index (κ3) is 7.53. The van der Waals surface area contributed by atoms with E-state index in [9.17, 15) is 14.7 Å². The van der Waals surface area contributed by atoms with E-state index in [4.69, 9.17) is 14.5 Å². The molecule has 3 fully saturated rings. The van der Waals surface area contributed by atoms with Crippen LogP contribution in [-0.4, -0.2) is 75.7 Å². The standard InChI is InChI=1S/C38H51N5O5/c1-25(2)43-23-32(21-40-43)31-15-17-39-36(20-31)42(22-27-5-7-28(8-6-27)30-11-14-35(47-4)26(3)19-30)37(45)29-9-12-34(13-10-29)48-38(46)41-18-16-33(41)24-44/h11,14-15,17,19-21,23,25,27-29,33-34,44H,5-10,12-13,16,18,22,24H2,1-4H3. The summed E-state index contributed by atoms with van der Waals surface area (Å²) in [6.45, 7) is 7.53. The lowest BCUT2D eigenvalue weighted by atomic mass is 9.78. The fourth-order valence-corrected chi connectivity index (χ4v) is 7.63. The molecule has 258 valence electrons. The molecule has 2 amide bonds. The van der Waals surface area contributed by atoms with Gasteiger partial charge in [0.2, 0.25) is 5.91 Å². The highest BCUT2D eigenvalue weighted by molar-refractivity contribution is 5.94. The largest absolute Gasteiger partial charge is 0.496 e. The number of carbonyl (C=O) groups is 2. The zero-order chi connectivity index (χ0) is 33.8. The quantitative estimate of drug-likeness (QED) is 0.252. The minimum absolute atomic E-state index is 0.0374. The number of pyridine rings is 1. The van der Waals surface area contributed by atoms with Crippen molar-refractivity contribution in [3.8, 4) is 16.9 Å². The first-order chi connectivity index (χ1) is 23.2. The monoisotopic (exact) mass is 657 g/mol. The number of methoxy groups -OCH3 is 1. The highest BCUT2D eigenvalue weighted by Crippen LogP contribution is 2.39. The lowest BCUT2D eigenvalue weighted by Crippen LogP contribution is -2.53. The second kappa shape index (κ2) is 15.1. The van der Waals surface area contributed by atoms with E-state index in [1.807, 2.05) is 34.1 Å². The molecule has 6 rings (SSSR count). The van der Waals surface area contributed by atoms with Gasteiger partial charge in [-0.3, -0.25) is 14.4 Å². The molecule has 1 aliphatic heterocycles. The third-order valence-electron chi connectivity index (χ3n) is 10.8. The molecule has 48 heavy (non-hydrogen) atoms. The highest BCUT2D eigenvalue weighted by Gasteiger charge is 2.37. The highest BCUT2D eigenvalue weighted by atomic mass is 16.6. The van der Waals surface area contributed by atoms with E-state index >= 15 is 0 Å². The van der Waals surface area contributed by atoms with Crippen LogP contribution in [0.4, 0.5) is 10.6 Å². The van der Waals surface area contributed by atoms with E-state index in [1.165, 1.54) is 5.56 Å². The number of anilines is 1. The van der Waals surface area contributed by atoms with Gasteiger partial charge >= 0.3 is 6.09 Å². The van der Waals surface area contributed by atoms with Gasteiger partial charge in [0.1, 0.15) is 17.7 Å². The number of aliphatic hydroxyl groups excluding tert-OH is 1. The maximum atomic E-state index is 14.4. The summed E-state index contributed by atoms with van der Waals surface area (Å²) in [7, 11) is 1.71. The van der Waals surface area contributed by atoms with Crippen molar-refractivity contribution in [3.05, 3.63) is 60.0 Å². The SMILES string of the molecule is COc1ccc(C2CCC(CN(C(=O)C3CCC(OC(=O)N4CCC4CO)CC3)c3cc(-c4cnn(C(C)C)c4)ccn3)CC2)cc1C. The van der Waals surface area contributed by atoms with E-state index in [1.54, 1.807) is 18.2 Å². The second-order valence-corrected chi connectivity index (χ2v) is 14.3. The molecule has 3 aromatic rings. The molecule has 0 radical (unpaired) electrons. The number of benzene rings is 1. The van der Waals surface area contributed by atoms with Crippen molar-refractivity contribution in [3.63, 3.8) is 0 Å². The van der Waals surface area contributed by atoms with Crippen molar-refractivity contribution >= 4 is 17.8 Å². The van der Waals surface area contributed by atoms with Gasteiger partial charge in [0.25, 0.3) is 0 Å². The van der Waals surface area contributed by atoms with Gasteiger partial charge in [-0.15, -0.1) is 0 Å². The van der Waals surface area contributed by atoms with Crippen molar-refractivity contribution in [2.75, 3.05) is 31.7 Å². The molecule has 10 heteroatoms. The van der Waals surface area contributed by atoms with E-state index in [0.717, 1.165) is 54.5 Å². The van der Waals surface area contributed by atoms with Crippen molar-refractivity contribution in [2.24, 2.45) is 11.8 Å². The summed E-state index contributed by atoms with van der Waals surface area (Å²) in [5.41, 5.74) is 4.53. The fourth-order valence-electron chi connectivity index (χ4n) is 7.63. The molecule has 10 nitrogen and oxygen atoms in total. The van der Waals surface area contributed by atoms with Crippen molar-refractivity contribution < 1.29 is 24.2 Å². The van der Waals surface area contributed by atoms with Crippen LogP contribution in [0.1, 0.15) is 94.7 Å². The molecule has 0 spiro atoms. The van der Waals surface area contributed by atoms with Crippen molar-refractivity contribution in [1.29, 1.82) is 0 Å². The minimum Gasteiger partial charge on any atom is -0.496 e. The maximum absolute atomic E-state index is 14.4. The Kier molecular flexibility index (Phi) is 10.7. The smallest absolute Gasteiger partial charge is 0.410 e. The summed E-state index contributed by atoms with van der Waals surface area (Å²) in [6, 6.07) is 10.7. The number of aliphatic hydroxyl groups is 1. The Morgan fingerprint density at radius 1 is 1.00 bits per heavy atom. The number of aromatic nitrogens is 3. The van der Waals surface area contributed by atoms with Gasteiger partial charge in [0.05, 0.1) is 26.0 Å². The Bertz CT molecular complexity index is 1550. The Hall–Kier alpha value is -3.92. The van der Waals surface area contributed by atoms with Crippen LogP contribution >= 0.6 is 0 Å². The summed E-state index contributed by atoms with van der Waals surface area (Å²) < 4.78 is 13.2. The summed E-state index contributed by atoms with van der Waals surface area (Å²) >= 11 is 0. The summed E-state index contributed by atoms with van der Waals surface area (Å²) in [4.78, 5) is 35.3. The summed E-state index contributed by atoms with van der Waals surface area (Å²) in [6.07, 6.45) is 12.9. The van der Waals surface area contributed by atoms with Crippen LogP contribution in [-0.2, 0) is 9.53 Å². The molecular weight excluding hydrogens is 606 g/mol. The lowest BCUT2D eigenvalue weighted by molar-refractivity contribution is -0.124. The van der Waals surface area contributed by atoms with Crippen LogP contribution in [0, 0.1) is 18.8 Å². The van der Waals surface area contributed by atoms with Gasteiger partial charge in [-0.05, 0) is 125 Å². The van der Waals surface area contributed by atoms with E-state index in [-0.39, 0.29) is 42.7 Å². The lowest BCUT2D eigenvalue weighted by Gasteiger charge is -2.40. The number of carbonyl (C=O) groups excluding carboxylic acids is 2. The van der Waals surface area contributed by atoms with Crippen LogP contribution in [0.15, 0.2) is 48.9 Å². The molecule has 1 N–H and O–H groups in total. The van der Waals surface area contributed by atoms with Crippen LogP contribution < -0.4 is 9.64 Å². The van der Waals surface area contributed by atoms with Gasteiger partial charge in [-0.25, -0.2) is 9.78 Å². The number of nitrogens with zero attached hydrogens (tertiary/aromatic N) is 5. The number of aryl methyl sites for hydroxylation is 1. The predicted octanol–water partition coefficient (Wildman–Crippen LogP) is 6.91. The van der Waals surface area contributed by atoms with Crippen molar-refractivity contribution in [2.45, 2.75) is 103 Å². The van der Waals surface area contributed by atoms with Gasteiger partial charge in [-0.2, -0.15) is 5.10 Å². The maximum Gasteiger partial charge on any atom is 0.410 e. The number of hydrogen-bond acceptors (Lipinski definition) is 7. The number of rotatable bonds is 10. The predicted molar refractivity (Wildman–Crippen MR) is 185 cm³/mol. The Morgan fingerprint density at radius 2 is 1.77 bits per heavy atom. The van der Waals surface area contributed by atoms with Crippen LogP contribution in [0.2, 0.25) is 0 Å². The molecule has 1 aromatic carbocycles. The average Bonchev–Trinajstić information content (AvgIpc) is 3.59. The molecule has 2 aromatic heterocycles. The molecule has 0 bridgehead atoms. The second-order valence-electron chi connectivity index (χ2n) is 14.3. The molecule has 2 aliphatic carbocycles. The zero-order valence-electron chi connectivity index (χ0n) is 28.9. The molecule has 3 heterocycles. The Labute approximate surface area is 284 Å². The van der Waals surface area contributed by atoms with Crippen LogP contribution in [0.25, 0.3) is 11.1 Å². The average molecular weight is 658 g/mol. The molecule has 1 atom stereocenters.